The van der Waals surface area contributed by atoms with Gasteiger partial charge in [0.05, 0.1) is 10.0 Å². The largest absolute Gasteiger partial charge is 0.381 e. The highest BCUT2D eigenvalue weighted by Crippen LogP contribution is 2.19. The molecule has 4 N–H and O–H groups in total. The lowest BCUT2D eigenvalue weighted by atomic mass is 10.2. The summed E-state index contributed by atoms with van der Waals surface area (Å²) in [4.78, 5) is 15.2. The Labute approximate surface area is 99.4 Å². The van der Waals surface area contributed by atoms with Crippen LogP contribution in [0.2, 0.25) is 0 Å². The average molecular weight is 282 g/mol. The summed E-state index contributed by atoms with van der Waals surface area (Å²) in [5.74, 6) is 0.113. The number of nitrogen functional groups attached to an aromatic ring is 1. The first-order valence-electron chi connectivity index (χ1n) is 4.35. The van der Waals surface area contributed by atoms with E-state index in [4.69, 9.17) is 11.5 Å². The third kappa shape index (κ3) is 1.76. The van der Waals surface area contributed by atoms with Gasteiger partial charge in [-0.25, -0.2) is 9.67 Å². The Bertz CT molecular complexity index is 531. The van der Waals surface area contributed by atoms with Crippen LogP contribution in [-0.4, -0.2) is 20.7 Å². The van der Waals surface area contributed by atoms with Crippen molar-refractivity contribution in [2.24, 2.45) is 5.73 Å². The smallest absolute Gasteiger partial charge is 0.252 e. The molecule has 0 spiro atoms. The van der Waals surface area contributed by atoms with Gasteiger partial charge in [0, 0.05) is 12.4 Å². The monoisotopic (exact) mass is 281 g/mol. The minimum atomic E-state index is -0.562. The Kier molecular flexibility index (Phi) is 2.61. The molecule has 2 rings (SSSR count). The number of aromatic nitrogens is 3. The molecule has 0 saturated carbocycles. The van der Waals surface area contributed by atoms with Gasteiger partial charge in [0.25, 0.3) is 5.91 Å². The molecule has 0 atom stereocenters. The summed E-state index contributed by atoms with van der Waals surface area (Å²) in [6, 6.07) is 3.21. The molecule has 0 aliphatic rings. The lowest BCUT2D eigenvalue weighted by Crippen LogP contribution is -2.16. The van der Waals surface area contributed by atoms with E-state index in [9.17, 15) is 4.79 Å². The van der Waals surface area contributed by atoms with E-state index in [1.54, 1.807) is 24.5 Å². The van der Waals surface area contributed by atoms with Gasteiger partial charge in [0.2, 0.25) is 0 Å². The highest BCUT2D eigenvalue weighted by molar-refractivity contribution is 9.10. The van der Waals surface area contributed by atoms with E-state index in [0.717, 1.165) is 0 Å². The van der Waals surface area contributed by atoms with E-state index in [1.165, 1.54) is 4.68 Å². The van der Waals surface area contributed by atoms with Crippen molar-refractivity contribution in [3.8, 4) is 5.82 Å². The van der Waals surface area contributed by atoms with E-state index < -0.39 is 5.91 Å². The zero-order valence-corrected chi connectivity index (χ0v) is 9.68. The first kappa shape index (κ1) is 10.6. The summed E-state index contributed by atoms with van der Waals surface area (Å²) in [5, 5.41) is 4.00. The number of primary amides is 1. The Balaban J connectivity index is 2.59. The molecule has 0 saturated heterocycles. The van der Waals surface area contributed by atoms with Gasteiger partial charge in [-0.2, -0.15) is 0 Å². The SMILES string of the molecule is NC(=O)c1cccnc1-n1cc(Br)c(N)n1. The summed E-state index contributed by atoms with van der Waals surface area (Å²) in [5.41, 5.74) is 11.1. The van der Waals surface area contributed by atoms with Gasteiger partial charge in [-0.3, -0.25) is 4.79 Å². The number of halogens is 1. The maximum Gasteiger partial charge on any atom is 0.252 e. The Morgan fingerprint density at radius 2 is 2.25 bits per heavy atom. The van der Waals surface area contributed by atoms with Crippen LogP contribution in [-0.2, 0) is 0 Å². The minimum absolute atomic E-state index is 0.289. The molecule has 0 bridgehead atoms. The second kappa shape index (κ2) is 3.93. The first-order chi connectivity index (χ1) is 7.59. The highest BCUT2D eigenvalue weighted by Gasteiger charge is 2.12. The molecule has 6 nitrogen and oxygen atoms in total. The number of rotatable bonds is 2. The van der Waals surface area contributed by atoms with Gasteiger partial charge < -0.3 is 11.5 Å². The number of pyridine rings is 1. The molecule has 16 heavy (non-hydrogen) atoms. The van der Waals surface area contributed by atoms with Crippen molar-refractivity contribution in [3.05, 3.63) is 34.6 Å². The zero-order valence-electron chi connectivity index (χ0n) is 8.09. The molecule has 0 aliphatic heterocycles. The highest BCUT2D eigenvalue weighted by atomic mass is 79.9. The van der Waals surface area contributed by atoms with Crippen LogP contribution in [0.4, 0.5) is 5.82 Å². The fourth-order valence-electron chi connectivity index (χ4n) is 1.25. The fourth-order valence-corrected chi connectivity index (χ4v) is 1.52. The van der Waals surface area contributed by atoms with Crippen molar-refractivity contribution in [1.82, 2.24) is 14.8 Å². The van der Waals surface area contributed by atoms with Crippen LogP contribution >= 0.6 is 15.9 Å². The lowest BCUT2D eigenvalue weighted by molar-refractivity contribution is 0.1000. The van der Waals surface area contributed by atoms with Crippen molar-refractivity contribution < 1.29 is 4.79 Å². The number of amides is 1. The van der Waals surface area contributed by atoms with E-state index >= 15 is 0 Å². The van der Waals surface area contributed by atoms with Crippen LogP contribution < -0.4 is 11.5 Å². The summed E-state index contributed by atoms with van der Waals surface area (Å²) in [6.07, 6.45) is 3.16. The van der Waals surface area contributed by atoms with Crippen molar-refractivity contribution in [2.45, 2.75) is 0 Å². The molecule has 0 aliphatic carbocycles. The average Bonchev–Trinajstić information content (AvgIpc) is 2.59. The third-order valence-corrected chi connectivity index (χ3v) is 2.58. The predicted octanol–water partition coefficient (Wildman–Crippen LogP) is 0.711. The molecule has 0 unspecified atom stereocenters. The number of hydrogen-bond acceptors (Lipinski definition) is 4. The van der Waals surface area contributed by atoms with E-state index in [1.807, 2.05) is 0 Å². The van der Waals surface area contributed by atoms with Crippen molar-refractivity contribution in [1.29, 1.82) is 0 Å². The molecule has 2 aromatic heterocycles. The van der Waals surface area contributed by atoms with Crippen molar-refractivity contribution >= 4 is 27.7 Å². The molecule has 2 aromatic rings. The maximum atomic E-state index is 11.2. The Morgan fingerprint density at radius 3 is 2.81 bits per heavy atom. The fraction of sp³-hybridized carbons (Fsp3) is 0. The molecule has 82 valence electrons. The molecule has 7 heteroatoms. The third-order valence-electron chi connectivity index (χ3n) is 1.96. The molecule has 0 radical (unpaired) electrons. The number of anilines is 1. The molecule has 2 heterocycles. The molecule has 1 amide bonds. The van der Waals surface area contributed by atoms with Gasteiger partial charge in [-0.05, 0) is 28.1 Å². The quantitative estimate of drug-likeness (QED) is 0.847. The standard InChI is InChI=1S/C9H8BrN5O/c10-6-4-15(14-7(6)11)9-5(8(12)16)2-1-3-13-9/h1-4H,(H2,11,14)(H2,12,16). The summed E-state index contributed by atoms with van der Waals surface area (Å²) in [6.45, 7) is 0. The van der Waals surface area contributed by atoms with E-state index in [0.29, 0.717) is 16.1 Å². The first-order valence-corrected chi connectivity index (χ1v) is 5.14. The van der Waals surface area contributed by atoms with Crippen LogP contribution in [0.5, 0.6) is 0 Å². The van der Waals surface area contributed by atoms with Crippen LogP contribution in [0.25, 0.3) is 5.82 Å². The minimum Gasteiger partial charge on any atom is -0.381 e. The number of nitrogens with two attached hydrogens (primary N) is 2. The summed E-state index contributed by atoms with van der Waals surface area (Å²) >= 11 is 3.22. The number of carbonyl (C=O) groups excluding carboxylic acids is 1. The van der Waals surface area contributed by atoms with Crippen LogP contribution in [0, 0.1) is 0 Å². The number of nitrogens with zero attached hydrogens (tertiary/aromatic N) is 3. The van der Waals surface area contributed by atoms with Crippen molar-refractivity contribution in [2.75, 3.05) is 5.73 Å². The maximum absolute atomic E-state index is 11.2. The van der Waals surface area contributed by atoms with Crippen LogP contribution in [0.1, 0.15) is 10.4 Å². The summed E-state index contributed by atoms with van der Waals surface area (Å²) < 4.78 is 2.04. The summed E-state index contributed by atoms with van der Waals surface area (Å²) in [7, 11) is 0. The lowest BCUT2D eigenvalue weighted by Gasteiger charge is -2.03. The Hall–Kier alpha value is -1.89. The second-order valence-electron chi connectivity index (χ2n) is 3.05. The normalized spacial score (nSPS) is 10.3. The van der Waals surface area contributed by atoms with Crippen molar-refractivity contribution in [3.63, 3.8) is 0 Å². The number of carbonyl (C=O) groups is 1. The number of hydrogen-bond donors (Lipinski definition) is 2. The molecular formula is C9H8BrN5O. The van der Waals surface area contributed by atoms with Gasteiger partial charge in [0.15, 0.2) is 11.6 Å². The molecule has 0 fully saturated rings. The molecular weight excluding hydrogens is 274 g/mol. The van der Waals surface area contributed by atoms with Crippen LogP contribution in [0.15, 0.2) is 29.0 Å². The topological polar surface area (TPSA) is 99.8 Å². The van der Waals surface area contributed by atoms with Gasteiger partial charge in [-0.15, -0.1) is 5.10 Å². The van der Waals surface area contributed by atoms with Gasteiger partial charge in [-0.1, -0.05) is 0 Å². The zero-order chi connectivity index (χ0) is 11.7. The van der Waals surface area contributed by atoms with E-state index in [2.05, 4.69) is 26.0 Å². The predicted molar refractivity (Wildman–Crippen MR) is 62.0 cm³/mol. The van der Waals surface area contributed by atoms with Gasteiger partial charge >= 0.3 is 0 Å². The second-order valence-corrected chi connectivity index (χ2v) is 3.90. The molecule has 0 aromatic carbocycles. The van der Waals surface area contributed by atoms with Gasteiger partial charge in [0.1, 0.15) is 0 Å². The van der Waals surface area contributed by atoms with Crippen LogP contribution in [0.3, 0.4) is 0 Å². The Morgan fingerprint density at radius 1 is 1.50 bits per heavy atom. The van der Waals surface area contributed by atoms with E-state index in [-0.39, 0.29) is 5.56 Å².